The zero-order chi connectivity index (χ0) is 60.6. The van der Waals surface area contributed by atoms with E-state index < -0.39 is 34.1 Å². The van der Waals surface area contributed by atoms with E-state index in [9.17, 15) is 0 Å². The Labute approximate surface area is 507 Å². The molecular weight excluding hydrogens is 1100 g/mol. The fourth-order valence-electron chi connectivity index (χ4n) is 13.7. The molecule has 0 bridgehead atoms. The fourth-order valence-corrected chi connectivity index (χ4v) is 13.7. The zero-order valence-corrected chi connectivity index (χ0v) is 48.0. The summed E-state index contributed by atoms with van der Waals surface area (Å²) in [5.74, 6) is -3.46. The summed E-state index contributed by atoms with van der Waals surface area (Å²) in [7, 11) is 0. The van der Waals surface area contributed by atoms with Crippen LogP contribution < -0.4 is 9.80 Å². The van der Waals surface area contributed by atoms with Gasteiger partial charge in [-0.2, -0.15) is 0 Å². The molecular formula is C80H54F6N2. The van der Waals surface area contributed by atoms with E-state index in [-0.39, 0.29) is 22.8 Å². The second kappa shape index (κ2) is 21.7. The number of fused-ring (bicyclic) bond motifs is 6. The molecule has 2 nitrogen and oxygen atoms in total. The van der Waals surface area contributed by atoms with Crippen molar-refractivity contribution in [3.8, 4) is 33.4 Å². The third kappa shape index (κ3) is 8.64. The SMILES string of the molecule is C=Cc1ccc(C2(c3c(F)cccc3F)c3ccccc3-c3ccc(N(c4ccc(-c5ccc(N(c6ccc(F)c(C)c6)c6ccc7c(c6)C(c6ccc(C=C)cc6)(c6c(F)cccc6F)c6ccccc6-7)cc5)cc4)c4ccc(F)c(C)c4)cc32)cc1. The van der Waals surface area contributed by atoms with Crippen molar-refractivity contribution in [2.24, 2.45) is 0 Å². The number of anilines is 6. The molecule has 8 heteroatoms. The molecule has 0 N–H and O–H groups in total. The summed E-state index contributed by atoms with van der Waals surface area (Å²) in [5, 5.41) is 0. The molecule has 0 radical (unpaired) electrons. The number of aryl methyl sites for hydroxylation is 2. The van der Waals surface area contributed by atoms with Crippen molar-refractivity contribution in [2.45, 2.75) is 24.7 Å². The van der Waals surface area contributed by atoms with Gasteiger partial charge in [-0.3, -0.25) is 0 Å². The second-order valence-corrected chi connectivity index (χ2v) is 22.5. The van der Waals surface area contributed by atoms with Gasteiger partial charge in [0.05, 0.1) is 10.8 Å². The number of hydrogen-bond acceptors (Lipinski definition) is 2. The maximum Gasteiger partial charge on any atom is 0.130 e. The van der Waals surface area contributed by atoms with Gasteiger partial charge in [0.2, 0.25) is 0 Å². The average molecular weight is 1160 g/mol. The number of benzene rings is 12. The third-order valence-electron chi connectivity index (χ3n) is 17.8. The van der Waals surface area contributed by atoms with Gasteiger partial charge in [-0.15, -0.1) is 0 Å². The molecule has 0 saturated heterocycles. The largest absolute Gasteiger partial charge is 0.310 e. The summed E-state index contributed by atoms with van der Waals surface area (Å²) < 4.78 is 97.6. The first-order valence-electron chi connectivity index (χ1n) is 29.0. The molecule has 426 valence electrons. The minimum absolute atomic E-state index is 0.0947. The van der Waals surface area contributed by atoms with Gasteiger partial charge in [0.1, 0.15) is 34.9 Å². The highest BCUT2D eigenvalue weighted by Crippen LogP contribution is 2.60. The van der Waals surface area contributed by atoms with Crippen LogP contribution in [0.5, 0.6) is 0 Å². The second-order valence-electron chi connectivity index (χ2n) is 22.5. The molecule has 0 aromatic heterocycles. The van der Waals surface area contributed by atoms with Crippen LogP contribution in [0.1, 0.15) is 66.8 Å². The smallest absolute Gasteiger partial charge is 0.130 e. The van der Waals surface area contributed by atoms with Crippen LogP contribution in [0.4, 0.5) is 60.5 Å². The fraction of sp³-hybridized carbons (Fsp3) is 0.0500. The van der Waals surface area contributed by atoms with Crippen molar-refractivity contribution in [3.05, 3.63) is 370 Å². The Kier molecular flexibility index (Phi) is 13.6. The zero-order valence-electron chi connectivity index (χ0n) is 48.0. The molecule has 0 aliphatic heterocycles. The van der Waals surface area contributed by atoms with Crippen molar-refractivity contribution in [3.63, 3.8) is 0 Å². The monoisotopic (exact) mass is 1160 g/mol. The highest BCUT2D eigenvalue weighted by atomic mass is 19.2. The Morgan fingerprint density at radius 2 is 0.614 bits per heavy atom. The minimum atomic E-state index is -1.43. The first-order chi connectivity index (χ1) is 42.8. The summed E-state index contributed by atoms with van der Waals surface area (Å²) in [6, 6.07) is 76.6. The Balaban J connectivity index is 0.883. The van der Waals surface area contributed by atoms with Gasteiger partial charge in [-0.1, -0.05) is 171 Å². The topological polar surface area (TPSA) is 6.48 Å². The van der Waals surface area contributed by atoms with Gasteiger partial charge in [0, 0.05) is 45.3 Å². The molecule has 0 heterocycles. The number of nitrogens with zero attached hydrogens (tertiary/aromatic N) is 2. The van der Waals surface area contributed by atoms with Gasteiger partial charge < -0.3 is 9.80 Å². The summed E-state index contributed by atoms with van der Waals surface area (Å²) >= 11 is 0. The minimum Gasteiger partial charge on any atom is -0.310 e. The van der Waals surface area contributed by atoms with Crippen LogP contribution in [0, 0.1) is 48.8 Å². The highest BCUT2D eigenvalue weighted by Gasteiger charge is 2.51. The van der Waals surface area contributed by atoms with Crippen molar-refractivity contribution in [1.29, 1.82) is 0 Å². The molecule has 0 spiro atoms. The average Bonchev–Trinajstić information content (AvgIpc) is 1.57. The van der Waals surface area contributed by atoms with Crippen molar-refractivity contribution < 1.29 is 26.3 Å². The lowest BCUT2D eigenvalue weighted by atomic mass is 9.67. The predicted octanol–water partition coefficient (Wildman–Crippen LogP) is 21.8. The van der Waals surface area contributed by atoms with Crippen molar-refractivity contribution in [2.75, 3.05) is 9.80 Å². The number of hydrogen-bond donors (Lipinski definition) is 0. The molecule has 0 fully saturated rings. The standard InChI is InChI=1S/C80H54F6N2/c1-5-51-21-29-55(30-22-51)79(77-73(83)17-11-18-74(77)84)67-15-9-7-13-63(67)65-41-37-61(47-69(65)79)87(59-39-43-71(81)49(3)45-59)57-33-25-53(26-34-57)54-27-35-58(36-28-54)88(60-40-44-72(82)50(4)46-60)62-38-42-66-64-14-8-10-16-68(64)80(70(66)48-62,56-31-23-52(6-2)24-32-56)78-75(85)19-12-20-76(78)86/h5-48H,1-2H2,3-4H3. The van der Waals surface area contributed by atoms with Gasteiger partial charge in [-0.25, -0.2) is 26.3 Å². The molecule has 2 aliphatic carbocycles. The first kappa shape index (κ1) is 55.2. The summed E-state index contributed by atoms with van der Waals surface area (Å²) in [6.07, 6.45) is 3.46. The number of halogens is 6. The summed E-state index contributed by atoms with van der Waals surface area (Å²) in [6.45, 7) is 11.3. The molecule has 2 aliphatic rings. The van der Waals surface area contributed by atoms with Gasteiger partial charge in [-0.05, 0) is 212 Å². The van der Waals surface area contributed by atoms with Crippen LogP contribution in [0.15, 0.2) is 268 Å². The lowest BCUT2D eigenvalue weighted by Gasteiger charge is -2.35. The van der Waals surface area contributed by atoms with E-state index in [4.69, 9.17) is 0 Å². The van der Waals surface area contributed by atoms with Crippen molar-refractivity contribution in [1.82, 2.24) is 0 Å². The van der Waals surface area contributed by atoms with Crippen LogP contribution in [0.3, 0.4) is 0 Å². The van der Waals surface area contributed by atoms with E-state index in [0.29, 0.717) is 56.1 Å². The Morgan fingerprint density at radius 1 is 0.295 bits per heavy atom. The van der Waals surface area contributed by atoms with Crippen molar-refractivity contribution >= 4 is 46.3 Å². The Morgan fingerprint density at radius 3 is 0.966 bits per heavy atom. The Bertz CT molecular complexity index is 4420. The van der Waals surface area contributed by atoms with Gasteiger partial charge >= 0.3 is 0 Å². The highest BCUT2D eigenvalue weighted by molar-refractivity contribution is 5.92. The normalized spacial score (nSPS) is 15.2. The quantitative estimate of drug-likeness (QED) is 0.106. The van der Waals surface area contributed by atoms with E-state index in [1.807, 2.05) is 192 Å². The van der Waals surface area contributed by atoms with E-state index in [1.165, 1.54) is 48.5 Å². The molecule has 0 amide bonds. The molecule has 2 atom stereocenters. The van der Waals surface area contributed by atoms with Crippen LogP contribution in [0.25, 0.3) is 45.5 Å². The van der Waals surface area contributed by atoms with Crippen LogP contribution in [-0.2, 0) is 10.8 Å². The van der Waals surface area contributed by atoms with Gasteiger partial charge in [0.15, 0.2) is 0 Å². The molecule has 2 unspecified atom stereocenters. The maximum atomic E-state index is 16.8. The van der Waals surface area contributed by atoms with Gasteiger partial charge in [0.25, 0.3) is 0 Å². The molecule has 88 heavy (non-hydrogen) atoms. The lowest BCUT2D eigenvalue weighted by molar-refractivity contribution is 0.526. The first-order valence-corrected chi connectivity index (χ1v) is 29.0. The predicted molar refractivity (Wildman–Crippen MR) is 345 cm³/mol. The summed E-state index contributed by atoms with van der Waals surface area (Å²) in [5.41, 5.74) is 12.9. The van der Waals surface area contributed by atoms with E-state index in [2.05, 4.69) is 13.2 Å². The molecule has 0 saturated carbocycles. The van der Waals surface area contributed by atoms with E-state index >= 15 is 26.3 Å². The van der Waals surface area contributed by atoms with E-state index in [1.54, 1.807) is 50.3 Å². The van der Waals surface area contributed by atoms with Crippen LogP contribution in [0.2, 0.25) is 0 Å². The van der Waals surface area contributed by atoms with Crippen LogP contribution in [-0.4, -0.2) is 0 Å². The number of rotatable bonds is 13. The van der Waals surface area contributed by atoms with Crippen LogP contribution >= 0.6 is 0 Å². The molecule has 14 rings (SSSR count). The maximum absolute atomic E-state index is 16.8. The third-order valence-corrected chi connectivity index (χ3v) is 17.8. The Hall–Kier alpha value is -10.7. The summed E-state index contributed by atoms with van der Waals surface area (Å²) in [4.78, 5) is 4.05. The lowest BCUT2D eigenvalue weighted by Crippen LogP contribution is -2.31. The molecule has 12 aromatic carbocycles. The van der Waals surface area contributed by atoms with E-state index in [0.717, 1.165) is 67.0 Å². The molecule has 12 aromatic rings.